The summed E-state index contributed by atoms with van der Waals surface area (Å²) in [5, 5.41) is 36.1. The molecule has 1 heterocycles. The number of hydrogen-bond acceptors (Lipinski definition) is 5. The predicted molar refractivity (Wildman–Crippen MR) is 117 cm³/mol. The number of benzene rings is 2. The molecule has 0 saturated heterocycles. The molecule has 35 heavy (non-hydrogen) atoms. The molecule has 0 aliphatic carbocycles. The van der Waals surface area contributed by atoms with Crippen LogP contribution in [0.5, 0.6) is 0 Å². The van der Waals surface area contributed by atoms with Crippen molar-refractivity contribution in [3.63, 3.8) is 0 Å². The molecule has 0 unspecified atom stereocenters. The predicted octanol–water partition coefficient (Wildman–Crippen LogP) is 4.17. The van der Waals surface area contributed by atoms with Crippen LogP contribution < -0.4 is 0 Å². The molecular formula is C27H10F3N5. The molecule has 3 aromatic rings. The number of hydrogen-bond donors (Lipinski definition) is 0. The van der Waals surface area contributed by atoms with Crippen LogP contribution in [0.25, 0.3) is 0 Å². The van der Waals surface area contributed by atoms with E-state index in [1.54, 1.807) is 12.1 Å². The fraction of sp³-hybridized carbons (Fsp3) is 0.0741. The minimum atomic E-state index is -0.928. The number of rotatable bonds is 2. The van der Waals surface area contributed by atoms with Gasteiger partial charge in [0.2, 0.25) is 0 Å². The van der Waals surface area contributed by atoms with Gasteiger partial charge in [-0.3, -0.25) is 0 Å². The summed E-state index contributed by atoms with van der Waals surface area (Å²) in [5.41, 5.74) is 0.617. The van der Waals surface area contributed by atoms with Crippen LogP contribution in [0.4, 0.5) is 13.2 Å². The Morgan fingerprint density at radius 2 is 1.09 bits per heavy atom. The highest BCUT2D eigenvalue weighted by molar-refractivity contribution is 5.57. The summed E-state index contributed by atoms with van der Waals surface area (Å²) >= 11 is 0. The van der Waals surface area contributed by atoms with Crippen LogP contribution in [0, 0.1) is 86.5 Å². The summed E-state index contributed by atoms with van der Waals surface area (Å²) < 4.78 is 42.2. The Morgan fingerprint density at radius 1 is 0.571 bits per heavy atom. The van der Waals surface area contributed by atoms with E-state index in [0.29, 0.717) is 16.7 Å². The van der Waals surface area contributed by atoms with Crippen LogP contribution >= 0.6 is 0 Å². The summed E-state index contributed by atoms with van der Waals surface area (Å²) in [6, 6.07) is 13.0. The molecule has 0 bridgehead atoms. The second kappa shape index (κ2) is 10.9. The zero-order valence-corrected chi connectivity index (χ0v) is 17.7. The van der Waals surface area contributed by atoms with Gasteiger partial charge in [0, 0.05) is 11.1 Å². The third-order valence-electron chi connectivity index (χ3n) is 4.68. The van der Waals surface area contributed by atoms with Gasteiger partial charge in [-0.1, -0.05) is 29.7 Å². The first kappa shape index (κ1) is 24.1. The van der Waals surface area contributed by atoms with E-state index in [2.05, 4.69) is 28.7 Å². The molecule has 3 rings (SSSR count). The molecule has 0 aliphatic rings. The van der Waals surface area contributed by atoms with Crippen molar-refractivity contribution in [3.05, 3.63) is 98.6 Å². The summed E-state index contributed by atoms with van der Waals surface area (Å²) in [4.78, 5) is 3.61. The molecule has 0 amide bonds. The molecule has 5 nitrogen and oxygen atoms in total. The van der Waals surface area contributed by atoms with E-state index in [-0.39, 0.29) is 35.2 Å². The molecule has 0 aliphatic heterocycles. The van der Waals surface area contributed by atoms with Gasteiger partial charge in [-0.2, -0.15) is 21.0 Å². The first-order valence-corrected chi connectivity index (χ1v) is 9.78. The molecule has 164 valence electrons. The number of nitriles is 4. The van der Waals surface area contributed by atoms with Crippen molar-refractivity contribution >= 4 is 0 Å². The maximum atomic E-state index is 14.2. The molecular weight excluding hydrogens is 451 g/mol. The Morgan fingerprint density at radius 3 is 1.63 bits per heavy atom. The first-order valence-electron chi connectivity index (χ1n) is 9.78. The van der Waals surface area contributed by atoms with E-state index in [4.69, 9.17) is 10.5 Å². The average Bonchev–Trinajstić information content (AvgIpc) is 2.85. The molecule has 0 N–H and O–H groups in total. The van der Waals surface area contributed by atoms with E-state index in [9.17, 15) is 23.7 Å². The Kier molecular flexibility index (Phi) is 7.48. The standard InChI is InChI=1S/C27H10F3N5/c28-25-13-23(14-33)26(29)12-22(25)4-2-18-9-17(19(5-7-31)10-20(18)6-8-32)1-3-21-11-24(15-34)35-16-27(21)30/h9-13,16H,5-6H2. The van der Waals surface area contributed by atoms with Gasteiger partial charge in [0.1, 0.15) is 29.5 Å². The van der Waals surface area contributed by atoms with E-state index >= 15 is 0 Å². The highest BCUT2D eigenvalue weighted by atomic mass is 19.1. The van der Waals surface area contributed by atoms with Crippen LogP contribution in [0.3, 0.4) is 0 Å². The second-order valence-corrected chi connectivity index (χ2v) is 6.92. The lowest BCUT2D eigenvalue weighted by atomic mass is 9.95. The largest absolute Gasteiger partial charge is 0.242 e. The third-order valence-corrected chi connectivity index (χ3v) is 4.68. The van der Waals surface area contributed by atoms with Gasteiger partial charge in [-0.25, -0.2) is 18.2 Å². The summed E-state index contributed by atoms with van der Waals surface area (Å²) in [6.45, 7) is 0. The highest BCUT2D eigenvalue weighted by Gasteiger charge is 2.11. The maximum Gasteiger partial charge on any atom is 0.157 e. The number of halogens is 3. The van der Waals surface area contributed by atoms with Crippen molar-refractivity contribution in [2.45, 2.75) is 12.8 Å². The second-order valence-electron chi connectivity index (χ2n) is 6.92. The number of nitrogens with zero attached hydrogens (tertiary/aromatic N) is 5. The van der Waals surface area contributed by atoms with Crippen molar-refractivity contribution < 1.29 is 13.2 Å². The van der Waals surface area contributed by atoms with Gasteiger partial charge in [0.15, 0.2) is 5.82 Å². The normalized spacial score (nSPS) is 9.23. The van der Waals surface area contributed by atoms with Gasteiger partial charge in [0.25, 0.3) is 0 Å². The average molecular weight is 461 g/mol. The third kappa shape index (κ3) is 5.64. The molecule has 0 radical (unpaired) electrons. The minimum Gasteiger partial charge on any atom is -0.242 e. The Bertz CT molecular complexity index is 1640. The molecule has 1 aromatic heterocycles. The quantitative estimate of drug-likeness (QED) is 0.532. The van der Waals surface area contributed by atoms with Crippen molar-refractivity contribution in [1.29, 1.82) is 21.0 Å². The van der Waals surface area contributed by atoms with Gasteiger partial charge >= 0.3 is 0 Å². The number of pyridine rings is 1. The Hall–Kier alpha value is -5.54. The van der Waals surface area contributed by atoms with Crippen molar-refractivity contribution in [2.75, 3.05) is 0 Å². The molecule has 0 fully saturated rings. The summed E-state index contributed by atoms with van der Waals surface area (Å²) in [7, 11) is 0. The van der Waals surface area contributed by atoms with E-state index < -0.39 is 23.0 Å². The lowest BCUT2D eigenvalue weighted by molar-refractivity contribution is 0.594. The summed E-state index contributed by atoms with van der Waals surface area (Å²) in [5.74, 6) is 7.99. The monoisotopic (exact) mass is 461 g/mol. The van der Waals surface area contributed by atoms with Crippen molar-refractivity contribution in [2.24, 2.45) is 0 Å². The topological polar surface area (TPSA) is 108 Å². The highest BCUT2D eigenvalue weighted by Crippen LogP contribution is 2.19. The fourth-order valence-corrected chi connectivity index (χ4v) is 2.98. The fourth-order valence-electron chi connectivity index (χ4n) is 2.98. The zero-order chi connectivity index (χ0) is 25.4. The van der Waals surface area contributed by atoms with Crippen LogP contribution in [-0.4, -0.2) is 4.98 Å². The molecule has 2 aromatic carbocycles. The van der Waals surface area contributed by atoms with E-state index in [0.717, 1.165) is 18.3 Å². The van der Waals surface area contributed by atoms with Crippen LogP contribution in [0.2, 0.25) is 0 Å². The zero-order valence-electron chi connectivity index (χ0n) is 17.7. The number of aromatic nitrogens is 1. The molecule has 0 saturated carbocycles. The van der Waals surface area contributed by atoms with Gasteiger partial charge in [-0.05, 0) is 35.4 Å². The molecule has 8 heteroatoms. The van der Waals surface area contributed by atoms with Gasteiger partial charge in [0.05, 0.1) is 47.9 Å². The molecule has 0 atom stereocenters. The first-order chi connectivity index (χ1) is 16.9. The van der Waals surface area contributed by atoms with Crippen molar-refractivity contribution in [1.82, 2.24) is 4.98 Å². The maximum absolute atomic E-state index is 14.2. The van der Waals surface area contributed by atoms with Crippen molar-refractivity contribution in [3.8, 4) is 48.0 Å². The smallest absolute Gasteiger partial charge is 0.157 e. The van der Waals surface area contributed by atoms with E-state index in [1.807, 2.05) is 12.1 Å². The minimum absolute atomic E-state index is 0.0273. The van der Waals surface area contributed by atoms with E-state index in [1.165, 1.54) is 18.2 Å². The molecule has 0 spiro atoms. The van der Waals surface area contributed by atoms with Crippen LogP contribution in [0.1, 0.15) is 44.6 Å². The lowest BCUT2D eigenvalue weighted by Gasteiger charge is -2.07. The Labute approximate surface area is 198 Å². The lowest BCUT2D eigenvalue weighted by Crippen LogP contribution is -1.98. The van der Waals surface area contributed by atoms with Crippen LogP contribution in [0.15, 0.2) is 36.5 Å². The van der Waals surface area contributed by atoms with Gasteiger partial charge < -0.3 is 0 Å². The Balaban J connectivity index is 2.16. The van der Waals surface area contributed by atoms with Crippen LogP contribution in [-0.2, 0) is 12.8 Å². The SMILES string of the molecule is N#CCc1cc(CC#N)c(C#Cc2cc(F)c(C#N)cc2F)cc1C#Cc1cc(C#N)ncc1F. The van der Waals surface area contributed by atoms with Gasteiger partial charge in [-0.15, -0.1) is 0 Å². The summed E-state index contributed by atoms with van der Waals surface area (Å²) in [6.07, 6.45) is 0.732.